The molecule has 0 saturated heterocycles. The van der Waals surface area contributed by atoms with Crippen molar-refractivity contribution in [3.05, 3.63) is 36.4 Å². The lowest BCUT2D eigenvalue weighted by atomic mass is 9.93. The van der Waals surface area contributed by atoms with Gasteiger partial charge >= 0.3 is 5.97 Å². The van der Waals surface area contributed by atoms with Crippen molar-refractivity contribution < 1.29 is 9.90 Å². The van der Waals surface area contributed by atoms with Crippen molar-refractivity contribution >= 4 is 22.7 Å². The molecule has 104 valence electrons. The van der Waals surface area contributed by atoms with Crippen LogP contribution >= 0.6 is 0 Å². The van der Waals surface area contributed by atoms with Gasteiger partial charge in [0, 0.05) is 10.9 Å². The molecule has 1 heterocycles. The fourth-order valence-electron chi connectivity index (χ4n) is 3.09. The number of fused-ring (bicyclic) bond motifs is 1. The van der Waals surface area contributed by atoms with Crippen LogP contribution in [-0.2, 0) is 4.79 Å². The van der Waals surface area contributed by atoms with E-state index >= 15 is 0 Å². The minimum absolute atomic E-state index is 0.154. The van der Waals surface area contributed by atoms with E-state index in [1.165, 1.54) is 0 Å². The fourth-order valence-corrected chi connectivity index (χ4v) is 3.09. The van der Waals surface area contributed by atoms with Gasteiger partial charge in [0.1, 0.15) is 5.82 Å². The molecule has 1 aliphatic rings. The Morgan fingerprint density at radius 1 is 1.20 bits per heavy atom. The first kappa shape index (κ1) is 12.9. The van der Waals surface area contributed by atoms with E-state index in [1.54, 1.807) is 0 Å². The number of para-hydroxylation sites is 1. The van der Waals surface area contributed by atoms with Gasteiger partial charge in [-0.15, -0.1) is 0 Å². The molecule has 20 heavy (non-hydrogen) atoms. The van der Waals surface area contributed by atoms with Gasteiger partial charge in [0.2, 0.25) is 0 Å². The number of nitrogens with one attached hydrogen (secondary N) is 1. The van der Waals surface area contributed by atoms with Gasteiger partial charge in [0.15, 0.2) is 0 Å². The van der Waals surface area contributed by atoms with E-state index in [9.17, 15) is 4.79 Å². The minimum Gasteiger partial charge on any atom is -0.481 e. The van der Waals surface area contributed by atoms with E-state index in [4.69, 9.17) is 5.11 Å². The number of nitrogens with zero attached hydrogens (tertiary/aromatic N) is 1. The number of benzene rings is 1. The molecule has 1 aromatic carbocycles. The maximum Gasteiger partial charge on any atom is 0.305 e. The second-order valence-electron chi connectivity index (χ2n) is 5.57. The number of aromatic nitrogens is 1. The number of carbonyl (C=O) groups is 1. The monoisotopic (exact) mass is 270 g/mol. The second-order valence-corrected chi connectivity index (χ2v) is 5.57. The first-order chi connectivity index (χ1) is 9.67. The minimum atomic E-state index is -0.750. The van der Waals surface area contributed by atoms with Gasteiger partial charge in [0.05, 0.1) is 11.9 Å². The van der Waals surface area contributed by atoms with Crippen molar-refractivity contribution in [3.8, 4) is 0 Å². The highest BCUT2D eigenvalue weighted by Gasteiger charge is 2.36. The van der Waals surface area contributed by atoms with Gasteiger partial charge in [-0.25, -0.2) is 4.98 Å². The molecule has 1 aliphatic carbocycles. The molecule has 0 aliphatic heterocycles. The van der Waals surface area contributed by atoms with Crippen LogP contribution in [0.5, 0.6) is 0 Å². The summed E-state index contributed by atoms with van der Waals surface area (Å²) in [5, 5.41) is 13.6. The topological polar surface area (TPSA) is 62.2 Å². The average Bonchev–Trinajstić information content (AvgIpc) is 2.86. The molecular formula is C16H18N2O2. The van der Waals surface area contributed by atoms with Crippen LogP contribution in [0.1, 0.15) is 32.1 Å². The summed E-state index contributed by atoms with van der Waals surface area (Å²) in [6, 6.07) is 11.9. The van der Waals surface area contributed by atoms with Crippen LogP contribution < -0.4 is 5.32 Å². The average molecular weight is 270 g/mol. The Morgan fingerprint density at radius 3 is 2.70 bits per heavy atom. The van der Waals surface area contributed by atoms with Gasteiger partial charge in [-0.05, 0) is 31.0 Å². The smallest absolute Gasteiger partial charge is 0.305 e. The van der Waals surface area contributed by atoms with Gasteiger partial charge < -0.3 is 10.4 Å². The summed E-state index contributed by atoms with van der Waals surface area (Å²) >= 11 is 0. The predicted octanol–water partition coefficient (Wildman–Crippen LogP) is 3.43. The summed E-state index contributed by atoms with van der Waals surface area (Å²) < 4.78 is 0. The van der Waals surface area contributed by atoms with E-state index in [0.29, 0.717) is 0 Å². The zero-order valence-corrected chi connectivity index (χ0v) is 11.3. The molecule has 0 spiro atoms. The van der Waals surface area contributed by atoms with Crippen molar-refractivity contribution in [2.75, 3.05) is 5.32 Å². The highest BCUT2D eigenvalue weighted by Crippen LogP contribution is 2.35. The van der Waals surface area contributed by atoms with Gasteiger partial charge in [-0.3, -0.25) is 4.79 Å². The molecule has 1 saturated carbocycles. The molecule has 2 N–H and O–H groups in total. The number of aliphatic carboxylic acids is 1. The Kier molecular flexibility index (Phi) is 3.30. The third-order valence-corrected chi connectivity index (χ3v) is 4.04. The summed E-state index contributed by atoms with van der Waals surface area (Å²) in [6.45, 7) is 0. The molecule has 1 aromatic heterocycles. The molecule has 0 radical (unpaired) electrons. The highest BCUT2D eigenvalue weighted by molar-refractivity contribution is 5.80. The van der Waals surface area contributed by atoms with Gasteiger partial charge in [-0.1, -0.05) is 31.0 Å². The van der Waals surface area contributed by atoms with Crippen LogP contribution in [-0.4, -0.2) is 21.6 Å². The zero-order valence-electron chi connectivity index (χ0n) is 11.3. The van der Waals surface area contributed by atoms with Crippen molar-refractivity contribution in [1.29, 1.82) is 0 Å². The van der Waals surface area contributed by atoms with E-state index in [1.807, 2.05) is 36.4 Å². The number of hydrogen-bond acceptors (Lipinski definition) is 3. The molecule has 1 fully saturated rings. The first-order valence-electron chi connectivity index (χ1n) is 7.03. The molecule has 2 aromatic rings. The van der Waals surface area contributed by atoms with Crippen molar-refractivity contribution in [3.63, 3.8) is 0 Å². The number of pyridine rings is 1. The van der Waals surface area contributed by atoms with E-state index in [2.05, 4.69) is 10.3 Å². The Balaban J connectivity index is 1.88. The molecule has 0 bridgehead atoms. The van der Waals surface area contributed by atoms with Gasteiger partial charge in [0.25, 0.3) is 0 Å². The highest BCUT2D eigenvalue weighted by atomic mass is 16.4. The van der Waals surface area contributed by atoms with E-state index in [-0.39, 0.29) is 12.0 Å². The van der Waals surface area contributed by atoms with Crippen LogP contribution in [0.2, 0.25) is 0 Å². The van der Waals surface area contributed by atoms with Crippen LogP contribution in [0.25, 0.3) is 10.9 Å². The Labute approximate surface area is 117 Å². The fraction of sp³-hybridized carbons (Fsp3) is 0.375. The zero-order chi connectivity index (χ0) is 14.0. The molecule has 0 amide bonds. The lowest BCUT2D eigenvalue weighted by Gasteiger charge is -2.29. The maximum atomic E-state index is 11.1. The number of hydrogen-bond donors (Lipinski definition) is 2. The standard InChI is InChI=1S/C16H18N2O2/c19-15(20)11-16(9-3-4-10-16)18-14-8-7-12-5-1-2-6-13(12)17-14/h1-2,5-8H,3-4,9-11H2,(H,17,18)(H,19,20). The van der Waals surface area contributed by atoms with Crippen molar-refractivity contribution in [1.82, 2.24) is 4.98 Å². The van der Waals surface area contributed by atoms with E-state index in [0.717, 1.165) is 42.4 Å². The largest absolute Gasteiger partial charge is 0.481 e. The number of anilines is 1. The van der Waals surface area contributed by atoms with Crippen LogP contribution in [0.4, 0.5) is 5.82 Å². The normalized spacial score (nSPS) is 17.2. The first-order valence-corrected chi connectivity index (χ1v) is 7.03. The molecular weight excluding hydrogens is 252 g/mol. The molecule has 0 atom stereocenters. The maximum absolute atomic E-state index is 11.1. The lowest BCUT2D eigenvalue weighted by Crippen LogP contribution is -2.37. The summed E-state index contributed by atoms with van der Waals surface area (Å²) in [5.41, 5.74) is 0.599. The van der Waals surface area contributed by atoms with Crippen LogP contribution in [0.3, 0.4) is 0 Å². The summed E-state index contributed by atoms with van der Waals surface area (Å²) in [6.07, 6.45) is 4.10. The predicted molar refractivity (Wildman–Crippen MR) is 78.8 cm³/mol. The lowest BCUT2D eigenvalue weighted by molar-refractivity contribution is -0.138. The van der Waals surface area contributed by atoms with Crippen LogP contribution in [0, 0.1) is 0 Å². The van der Waals surface area contributed by atoms with Crippen LogP contribution in [0.15, 0.2) is 36.4 Å². The third kappa shape index (κ3) is 2.59. The van der Waals surface area contributed by atoms with Gasteiger partial charge in [-0.2, -0.15) is 0 Å². The Bertz CT molecular complexity index is 633. The summed E-state index contributed by atoms with van der Waals surface area (Å²) in [7, 11) is 0. The molecule has 4 nitrogen and oxygen atoms in total. The molecule has 4 heteroatoms. The SMILES string of the molecule is O=C(O)CC1(Nc2ccc3ccccc3n2)CCCC1. The second kappa shape index (κ2) is 5.12. The molecule has 3 rings (SSSR count). The Morgan fingerprint density at radius 2 is 1.95 bits per heavy atom. The summed E-state index contributed by atoms with van der Waals surface area (Å²) in [5.74, 6) is 0.0204. The van der Waals surface area contributed by atoms with Crippen molar-refractivity contribution in [2.24, 2.45) is 0 Å². The van der Waals surface area contributed by atoms with E-state index < -0.39 is 5.97 Å². The number of carboxylic acid groups (broad SMARTS) is 1. The molecule has 0 unspecified atom stereocenters. The quantitative estimate of drug-likeness (QED) is 0.893. The number of carboxylic acids is 1. The van der Waals surface area contributed by atoms with Crippen molar-refractivity contribution in [2.45, 2.75) is 37.6 Å². The third-order valence-electron chi connectivity index (χ3n) is 4.04. The Hall–Kier alpha value is -2.10. The summed E-state index contributed by atoms with van der Waals surface area (Å²) in [4.78, 5) is 15.7. The number of rotatable bonds is 4.